The fourth-order valence-corrected chi connectivity index (χ4v) is 2.28. The van der Waals surface area contributed by atoms with Gasteiger partial charge in [0.15, 0.2) is 5.43 Å². The van der Waals surface area contributed by atoms with Gasteiger partial charge in [-0.25, -0.2) is 0 Å². The van der Waals surface area contributed by atoms with Crippen LogP contribution in [0.25, 0.3) is 10.9 Å². The number of aromatic nitrogens is 1. The lowest BCUT2D eigenvalue weighted by Crippen LogP contribution is -2.36. The standard InChI is InChI=1S/C13H15N3O2/c14-13-8-12(17)10-2-1-9(7-11(10)15-13)16-3-5-18-6-4-16/h1-2,7-8H,3-6H2,(H3,14,15,17). The van der Waals surface area contributed by atoms with E-state index >= 15 is 0 Å². The Morgan fingerprint density at radius 3 is 2.78 bits per heavy atom. The van der Waals surface area contributed by atoms with Gasteiger partial charge in [-0.2, -0.15) is 0 Å². The Labute approximate surface area is 104 Å². The van der Waals surface area contributed by atoms with Gasteiger partial charge in [0, 0.05) is 30.2 Å². The fourth-order valence-electron chi connectivity index (χ4n) is 2.28. The molecule has 1 saturated heterocycles. The lowest BCUT2D eigenvalue weighted by atomic mass is 10.1. The number of morpholine rings is 1. The summed E-state index contributed by atoms with van der Waals surface area (Å²) < 4.78 is 5.33. The smallest absolute Gasteiger partial charge is 0.191 e. The second-order valence-electron chi connectivity index (χ2n) is 4.42. The Balaban J connectivity index is 2.07. The van der Waals surface area contributed by atoms with E-state index in [9.17, 15) is 4.79 Å². The molecule has 1 aromatic carbocycles. The van der Waals surface area contributed by atoms with Crippen LogP contribution in [0.1, 0.15) is 0 Å². The molecule has 0 aliphatic carbocycles. The number of nitrogens with zero attached hydrogens (tertiary/aromatic N) is 1. The summed E-state index contributed by atoms with van der Waals surface area (Å²) in [6, 6.07) is 7.20. The second kappa shape index (κ2) is 4.34. The molecule has 0 bridgehead atoms. The number of nitrogens with one attached hydrogen (secondary N) is 1. The number of fused-ring (bicyclic) bond motifs is 1. The van der Waals surface area contributed by atoms with Crippen LogP contribution in [-0.4, -0.2) is 31.3 Å². The Hall–Kier alpha value is -2.01. The van der Waals surface area contributed by atoms with Crippen molar-refractivity contribution < 1.29 is 4.74 Å². The normalized spacial score (nSPS) is 16.1. The Morgan fingerprint density at radius 1 is 1.22 bits per heavy atom. The number of ether oxygens (including phenoxy) is 1. The van der Waals surface area contributed by atoms with Gasteiger partial charge in [-0.3, -0.25) is 4.79 Å². The number of nitrogen functional groups attached to an aromatic ring is 1. The summed E-state index contributed by atoms with van der Waals surface area (Å²) in [5, 5.41) is 0.668. The third-order valence-corrected chi connectivity index (χ3v) is 3.21. The van der Waals surface area contributed by atoms with Crippen LogP contribution in [0.3, 0.4) is 0 Å². The van der Waals surface area contributed by atoms with Crippen molar-refractivity contribution in [3.05, 3.63) is 34.5 Å². The molecule has 1 aromatic heterocycles. The van der Waals surface area contributed by atoms with Crippen molar-refractivity contribution in [1.82, 2.24) is 4.98 Å². The number of anilines is 2. The van der Waals surface area contributed by atoms with Crippen LogP contribution in [0, 0.1) is 0 Å². The molecule has 0 amide bonds. The monoisotopic (exact) mass is 245 g/mol. The topological polar surface area (TPSA) is 71.3 Å². The molecule has 2 aromatic rings. The number of benzene rings is 1. The minimum atomic E-state index is -0.0465. The summed E-state index contributed by atoms with van der Waals surface area (Å²) >= 11 is 0. The zero-order chi connectivity index (χ0) is 12.5. The molecule has 0 spiro atoms. The third kappa shape index (κ3) is 1.93. The fraction of sp³-hybridized carbons (Fsp3) is 0.308. The molecule has 94 valence electrons. The maximum Gasteiger partial charge on any atom is 0.191 e. The van der Waals surface area contributed by atoms with Crippen LogP contribution >= 0.6 is 0 Å². The van der Waals surface area contributed by atoms with E-state index in [0.717, 1.165) is 37.5 Å². The number of nitrogens with two attached hydrogens (primary N) is 1. The SMILES string of the molecule is Nc1cc(=O)c2ccc(N3CCOCC3)cc2[nH]1. The third-order valence-electron chi connectivity index (χ3n) is 3.21. The van der Waals surface area contributed by atoms with Crippen molar-refractivity contribution in [2.45, 2.75) is 0 Å². The summed E-state index contributed by atoms with van der Waals surface area (Å²) in [5.41, 5.74) is 7.49. The highest BCUT2D eigenvalue weighted by atomic mass is 16.5. The van der Waals surface area contributed by atoms with E-state index < -0.39 is 0 Å². The molecule has 18 heavy (non-hydrogen) atoms. The molecule has 2 heterocycles. The van der Waals surface area contributed by atoms with E-state index in [1.807, 2.05) is 18.2 Å². The van der Waals surface area contributed by atoms with Crippen molar-refractivity contribution in [1.29, 1.82) is 0 Å². The number of pyridine rings is 1. The highest BCUT2D eigenvalue weighted by Gasteiger charge is 2.12. The van der Waals surface area contributed by atoms with Crippen molar-refractivity contribution in [3.8, 4) is 0 Å². The molecule has 0 saturated carbocycles. The summed E-state index contributed by atoms with van der Waals surface area (Å²) in [6.45, 7) is 3.23. The summed E-state index contributed by atoms with van der Waals surface area (Å²) in [4.78, 5) is 17.0. The minimum Gasteiger partial charge on any atom is -0.385 e. The van der Waals surface area contributed by atoms with Gasteiger partial charge in [0.2, 0.25) is 0 Å². The average Bonchev–Trinajstić information content (AvgIpc) is 2.39. The maximum absolute atomic E-state index is 11.8. The maximum atomic E-state index is 11.8. The van der Waals surface area contributed by atoms with E-state index in [2.05, 4.69) is 9.88 Å². The first-order valence-corrected chi connectivity index (χ1v) is 5.99. The molecule has 3 rings (SSSR count). The minimum absolute atomic E-state index is 0.0465. The Bertz CT molecular complexity index is 630. The van der Waals surface area contributed by atoms with Crippen molar-refractivity contribution in [2.75, 3.05) is 36.9 Å². The number of hydrogen-bond donors (Lipinski definition) is 2. The molecule has 0 unspecified atom stereocenters. The zero-order valence-electron chi connectivity index (χ0n) is 9.98. The molecular weight excluding hydrogens is 230 g/mol. The van der Waals surface area contributed by atoms with Gasteiger partial charge >= 0.3 is 0 Å². The molecule has 5 nitrogen and oxygen atoms in total. The van der Waals surface area contributed by atoms with Crippen LogP contribution < -0.4 is 16.1 Å². The molecule has 5 heteroatoms. The van der Waals surface area contributed by atoms with Gasteiger partial charge in [0.05, 0.1) is 18.7 Å². The Kier molecular flexibility index (Phi) is 2.68. The molecule has 0 radical (unpaired) electrons. The lowest BCUT2D eigenvalue weighted by Gasteiger charge is -2.28. The zero-order valence-corrected chi connectivity index (χ0v) is 9.98. The lowest BCUT2D eigenvalue weighted by molar-refractivity contribution is 0.122. The summed E-state index contributed by atoms with van der Waals surface area (Å²) in [7, 11) is 0. The largest absolute Gasteiger partial charge is 0.385 e. The first-order valence-electron chi connectivity index (χ1n) is 5.99. The molecule has 1 aliphatic rings. The highest BCUT2D eigenvalue weighted by Crippen LogP contribution is 2.20. The first-order chi connectivity index (χ1) is 8.74. The predicted molar refractivity (Wildman–Crippen MR) is 72.0 cm³/mol. The number of hydrogen-bond acceptors (Lipinski definition) is 4. The van der Waals surface area contributed by atoms with Gasteiger partial charge in [0.1, 0.15) is 5.82 Å². The van der Waals surface area contributed by atoms with Crippen LogP contribution in [0.15, 0.2) is 29.1 Å². The van der Waals surface area contributed by atoms with Gasteiger partial charge in [-0.1, -0.05) is 0 Å². The van der Waals surface area contributed by atoms with E-state index in [-0.39, 0.29) is 5.43 Å². The van der Waals surface area contributed by atoms with E-state index in [0.29, 0.717) is 11.2 Å². The number of H-pyrrole nitrogens is 1. The Morgan fingerprint density at radius 2 is 2.00 bits per heavy atom. The van der Waals surface area contributed by atoms with E-state index in [1.165, 1.54) is 6.07 Å². The van der Waals surface area contributed by atoms with E-state index in [4.69, 9.17) is 10.5 Å². The number of rotatable bonds is 1. The van der Waals surface area contributed by atoms with Crippen molar-refractivity contribution in [3.63, 3.8) is 0 Å². The second-order valence-corrected chi connectivity index (χ2v) is 4.42. The molecule has 3 N–H and O–H groups in total. The summed E-state index contributed by atoms with van der Waals surface area (Å²) in [5.74, 6) is 0.395. The van der Waals surface area contributed by atoms with Gasteiger partial charge < -0.3 is 20.4 Å². The van der Waals surface area contributed by atoms with Crippen LogP contribution in [0.4, 0.5) is 11.5 Å². The number of aromatic amines is 1. The molecule has 0 atom stereocenters. The van der Waals surface area contributed by atoms with Gasteiger partial charge in [0.25, 0.3) is 0 Å². The van der Waals surface area contributed by atoms with E-state index in [1.54, 1.807) is 0 Å². The quantitative estimate of drug-likeness (QED) is 0.784. The predicted octanol–water partition coefficient (Wildman–Crippen LogP) is 0.947. The van der Waals surface area contributed by atoms with Crippen LogP contribution in [-0.2, 0) is 4.74 Å². The first kappa shape index (κ1) is 11.1. The highest BCUT2D eigenvalue weighted by molar-refractivity contribution is 5.83. The van der Waals surface area contributed by atoms with Gasteiger partial charge in [-0.15, -0.1) is 0 Å². The average molecular weight is 245 g/mol. The molecule has 1 aliphatic heterocycles. The molecular formula is C13H15N3O2. The van der Waals surface area contributed by atoms with Crippen molar-refractivity contribution in [2.24, 2.45) is 0 Å². The van der Waals surface area contributed by atoms with Crippen LogP contribution in [0.2, 0.25) is 0 Å². The van der Waals surface area contributed by atoms with Crippen molar-refractivity contribution >= 4 is 22.4 Å². The van der Waals surface area contributed by atoms with Gasteiger partial charge in [-0.05, 0) is 18.2 Å². The van der Waals surface area contributed by atoms with Crippen LogP contribution in [0.5, 0.6) is 0 Å². The molecule has 1 fully saturated rings. The summed E-state index contributed by atoms with van der Waals surface area (Å²) in [6.07, 6.45) is 0.